The van der Waals surface area contributed by atoms with Crippen molar-refractivity contribution in [2.75, 3.05) is 0 Å². The first kappa shape index (κ1) is 39.2. The number of hydrogen-bond acceptors (Lipinski definition) is 6. The van der Waals surface area contributed by atoms with E-state index in [1.54, 1.807) is 24.3 Å². The van der Waals surface area contributed by atoms with Gasteiger partial charge in [-0.2, -0.15) is 10.5 Å². The number of rotatable bonds is 6. The fourth-order valence-electron chi connectivity index (χ4n) is 5.72. The van der Waals surface area contributed by atoms with Crippen LogP contribution in [0.15, 0.2) is 54.6 Å². The summed E-state index contributed by atoms with van der Waals surface area (Å²) in [7, 11) is 0. The number of carboxylic acids is 1. The molecule has 2 fully saturated rings. The molecule has 0 aromatic heterocycles. The maximum absolute atomic E-state index is 13.6. The van der Waals surface area contributed by atoms with Gasteiger partial charge in [0.05, 0.1) is 16.7 Å². The number of nitrogens with zero attached hydrogens (tertiary/aromatic N) is 2. The number of carbonyl (C=O) groups is 3. The molecule has 264 valence electrons. The van der Waals surface area contributed by atoms with E-state index in [9.17, 15) is 27.6 Å². The highest BCUT2D eigenvalue weighted by atomic mass is 19.1. The smallest absolute Gasteiger partial charge is 0.335 e. The lowest BCUT2D eigenvalue weighted by Gasteiger charge is -2.16. The van der Waals surface area contributed by atoms with Gasteiger partial charge in [-0.25, -0.2) is 18.0 Å². The molecule has 0 bridgehead atoms. The van der Waals surface area contributed by atoms with Crippen LogP contribution in [0.4, 0.5) is 13.2 Å². The Bertz CT molecular complexity index is 1700. The van der Waals surface area contributed by atoms with Crippen molar-refractivity contribution in [3.63, 3.8) is 0 Å². The second-order valence-corrected chi connectivity index (χ2v) is 12.3. The van der Waals surface area contributed by atoms with Crippen LogP contribution < -0.4 is 16.4 Å². The van der Waals surface area contributed by atoms with E-state index in [-0.39, 0.29) is 52.7 Å². The molecular formula is C38H42F3N5O4. The van der Waals surface area contributed by atoms with E-state index in [1.807, 2.05) is 0 Å². The maximum Gasteiger partial charge on any atom is 0.335 e. The Labute approximate surface area is 290 Å². The molecule has 0 saturated heterocycles. The number of amides is 2. The second-order valence-electron chi connectivity index (χ2n) is 12.3. The topological polar surface area (TPSA) is 169 Å². The summed E-state index contributed by atoms with van der Waals surface area (Å²) in [4.78, 5) is 34.4. The molecular weight excluding hydrogens is 647 g/mol. The fourth-order valence-corrected chi connectivity index (χ4v) is 5.72. The monoisotopic (exact) mass is 689 g/mol. The van der Waals surface area contributed by atoms with E-state index in [1.165, 1.54) is 49.9 Å². The Morgan fingerprint density at radius 1 is 0.640 bits per heavy atom. The van der Waals surface area contributed by atoms with E-state index in [0.29, 0.717) is 11.1 Å². The van der Waals surface area contributed by atoms with Gasteiger partial charge in [0.25, 0.3) is 11.8 Å². The molecule has 2 amide bonds. The SMILES string of the molecule is N#Cc1ccc(C(=O)NC2CCCCCC2)cc1F.N#Cc1ccc(C(=O)O)cc1F.NCc1ccc(C(=O)NC2CCCCCC2)cc1F. The highest BCUT2D eigenvalue weighted by molar-refractivity contribution is 5.95. The van der Waals surface area contributed by atoms with Gasteiger partial charge in [0.2, 0.25) is 0 Å². The minimum Gasteiger partial charge on any atom is -0.478 e. The van der Waals surface area contributed by atoms with E-state index < -0.39 is 23.4 Å². The zero-order valence-electron chi connectivity index (χ0n) is 27.8. The number of nitrogens with two attached hydrogens (primary N) is 1. The third kappa shape index (κ3) is 12.4. The number of halogens is 3. The third-order valence-corrected chi connectivity index (χ3v) is 8.60. The summed E-state index contributed by atoms with van der Waals surface area (Å²) in [5.41, 5.74) is 6.14. The molecule has 0 radical (unpaired) electrons. The molecule has 50 heavy (non-hydrogen) atoms. The molecule has 0 spiro atoms. The molecule has 0 unspecified atom stereocenters. The minimum absolute atomic E-state index is 0.0361. The zero-order valence-corrected chi connectivity index (χ0v) is 27.8. The van der Waals surface area contributed by atoms with E-state index in [4.69, 9.17) is 21.4 Å². The largest absolute Gasteiger partial charge is 0.478 e. The molecule has 0 heterocycles. The Balaban J connectivity index is 0.000000209. The molecule has 2 aliphatic rings. The molecule has 12 heteroatoms. The van der Waals surface area contributed by atoms with Crippen molar-refractivity contribution >= 4 is 17.8 Å². The van der Waals surface area contributed by atoms with Gasteiger partial charge in [0.1, 0.15) is 29.6 Å². The molecule has 3 aromatic rings. The van der Waals surface area contributed by atoms with Crippen LogP contribution in [0.25, 0.3) is 0 Å². The number of carboxylic acid groups (broad SMARTS) is 1. The highest BCUT2D eigenvalue weighted by Gasteiger charge is 2.18. The lowest BCUT2D eigenvalue weighted by molar-refractivity contribution is 0.0695. The van der Waals surface area contributed by atoms with Gasteiger partial charge in [-0.3, -0.25) is 9.59 Å². The Morgan fingerprint density at radius 2 is 1.02 bits per heavy atom. The average molecular weight is 690 g/mol. The molecule has 5 rings (SSSR count). The first-order chi connectivity index (χ1) is 24.1. The molecule has 5 N–H and O–H groups in total. The zero-order chi connectivity index (χ0) is 36.5. The van der Waals surface area contributed by atoms with Crippen LogP contribution in [0.3, 0.4) is 0 Å². The summed E-state index contributed by atoms with van der Waals surface area (Å²) < 4.78 is 39.8. The number of hydrogen-bond donors (Lipinski definition) is 4. The first-order valence-corrected chi connectivity index (χ1v) is 16.8. The quantitative estimate of drug-likeness (QED) is 0.197. The van der Waals surface area contributed by atoms with Crippen LogP contribution >= 0.6 is 0 Å². The van der Waals surface area contributed by atoms with Crippen molar-refractivity contribution in [2.45, 2.75) is 95.7 Å². The van der Waals surface area contributed by atoms with Crippen LogP contribution in [-0.4, -0.2) is 35.0 Å². The van der Waals surface area contributed by atoms with Crippen molar-refractivity contribution in [3.05, 3.63) is 105 Å². The van der Waals surface area contributed by atoms with Crippen LogP contribution in [0, 0.1) is 40.1 Å². The maximum atomic E-state index is 13.6. The number of nitriles is 2. The summed E-state index contributed by atoms with van der Waals surface area (Å²) in [6.45, 7) is 0.149. The van der Waals surface area contributed by atoms with Gasteiger partial charge in [0.15, 0.2) is 0 Å². The van der Waals surface area contributed by atoms with Gasteiger partial charge in [-0.15, -0.1) is 0 Å². The summed E-state index contributed by atoms with van der Waals surface area (Å²) in [5.74, 6) is -3.51. The van der Waals surface area contributed by atoms with Gasteiger partial charge in [-0.05, 0) is 74.2 Å². The number of benzene rings is 3. The van der Waals surface area contributed by atoms with E-state index in [2.05, 4.69) is 10.6 Å². The average Bonchev–Trinajstić information content (AvgIpc) is 3.54. The predicted octanol–water partition coefficient (Wildman–Crippen LogP) is 7.28. The summed E-state index contributed by atoms with van der Waals surface area (Å²) in [6, 6.07) is 15.4. The summed E-state index contributed by atoms with van der Waals surface area (Å²) in [5, 5.41) is 31.3. The number of aromatic carboxylic acids is 1. The van der Waals surface area contributed by atoms with Crippen LogP contribution in [-0.2, 0) is 6.54 Å². The lowest BCUT2D eigenvalue weighted by Crippen LogP contribution is -2.34. The van der Waals surface area contributed by atoms with Crippen LogP contribution in [0.1, 0.15) is 125 Å². The lowest BCUT2D eigenvalue weighted by atomic mass is 10.1. The first-order valence-electron chi connectivity index (χ1n) is 16.8. The number of nitrogens with one attached hydrogen (secondary N) is 2. The van der Waals surface area contributed by atoms with Crippen molar-refractivity contribution in [2.24, 2.45) is 5.73 Å². The van der Waals surface area contributed by atoms with Crippen molar-refractivity contribution in [1.82, 2.24) is 10.6 Å². The Kier molecular flexibility index (Phi) is 16.0. The minimum atomic E-state index is -1.21. The second kappa shape index (κ2) is 20.3. The molecule has 9 nitrogen and oxygen atoms in total. The molecule has 2 saturated carbocycles. The molecule has 0 aliphatic heterocycles. The van der Waals surface area contributed by atoms with Crippen LogP contribution in [0.2, 0.25) is 0 Å². The standard InChI is InChI=1S/C15H21FN2O.C15H17FN2O.C8H4FNO2/c2*16-14-9-11(7-8-12(14)10-17)15(19)18-13-5-3-1-2-4-6-13;9-7-3-5(8(11)12)1-2-6(7)4-10/h7-9,13H,1-6,10,17H2,(H,18,19);7-9,13H,1-6H2,(H,18,19);1-3H,(H,11,12). The van der Waals surface area contributed by atoms with Crippen molar-refractivity contribution in [3.8, 4) is 12.1 Å². The fraction of sp³-hybridized carbons (Fsp3) is 0.395. The highest BCUT2D eigenvalue weighted by Crippen LogP contribution is 2.19. The van der Waals surface area contributed by atoms with E-state index >= 15 is 0 Å². The summed E-state index contributed by atoms with van der Waals surface area (Å²) in [6.07, 6.45) is 13.5. The van der Waals surface area contributed by atoms with Crippen molar-refractivity contribution in [1.29, 1.82) is 10.5 Å². The third-order valence-electron chi connectivity index (χ3n) is 8.60. The van der Waals surface area contributed by atoms with Gasteiger partial charge in [0, 0.05) is 35.3 Å². The normalized spacial score (nSPS) is 14.8. The molecule has 0 atom stereocenters. The van der Waals surface area contributed by atoms with Gasteiger partial charge < -0.3 is 21.5 Å². The Morgan fingerprint density at radius 3 is 1.38 bits per heavy atom. The number of carbonyl (C=O) groups excluding carboxylic acids is 2. The van der Waals surface area contributed by atoms with E-state index in [0.717, 1.165) is 69.6 Å². The molecule has 2 aliphatic carbocycles. The van der Waals surface area contributed by atoms with Crippen LogP contribution in [0.5, 0.6) is 0 Å². The van der Waals surface area contributed by atoms with Gasteiger partial charge in [-0.1, -0.05) is 57.4 Å². The van der Waals surface area contributed by atoms with Gasteiger partial charge >= 0.3 is 5.97 Å². The van der Waals surface area contributed by atoms with Crippen molar-refractivity contribution < 1.29 is 32.7 Å². The summed E-state index contributed by atoms with van der Waals surface area (Å²) >= 11 is 0. The Hall–Kier alpha value is -5.20. The predicted molar refractivity (Wildman–Crippen MR) is 181 cm³/mol. The molecule has 3 aromatic carbocycles.